The fourth-order valence-electron chi connectivity index (χ4n) is 3.90. The van der Waals surface area contributed by atoms with Gasteiger partial charge in [-0.25, -0.2) is 35.1 Å². The zero-order valence-electron chi connectivity index (χ0n) is 20.8. The van der Waals surface area contributed by atoms with E-state index in [1.807, 2.05) is 0 Å². The summed E-state index contributed by atoms with van der Waals surface area (Å²) in [4.78, 5) is 24.9. The number of phenols is 1. The minimum absolute atomic E-state index is 0.00565. The summed E-state index contributed by atoms with van der Waals surface area (Å²) >= 11 is 12.5. The third kappa shape index (κ3) is 6.54. The molecule has 1 saturated heterocycles. The normalized spacial score (nSPS) is 16.4. The molecule has 0 unspecified atom stereocenters. The van der Waals surface area contributed by atoms with Crippen molar-refractivity contribution in [3.63, 3.8) is 0 Å². The van der Waals surface area contributed by atoms with Crippen LogP contribution in [0.4, 0.5) is 8.78 Å². The van der Waals surface area contributed by atoms with Crippen LogP contribution in [0.5, 0.6) is 17.2 Å². The van der Waals surface area contributed by atoms with Crippen LogP contribution in [0.2, 0.25) is 10.0 Å². The van der Waals surface area contributed by atoms with Crippen molar-refractivity contribution in [3.05, 3.63) is 66.9 Å². The Hall–Kier alpha value is -3.09. The number of nitrogens with zero attached hydrogens (tertiary/aromatic N) is 3. The Labute approximate surface area is 241 Å². The standard InChI is InChI=1S/C22H21Cl2F2N5O8S2/c1-2-40(35,36)29-11-5-6-30(10-11)41(37,38)17-9-13(3-4-16(17)32)39-19-14(23)7-12(8-15(19)24)31-22(34)27-21(33)18(28-31)20(25)26/h3-4,7-9,11,20,29,32H,2,5-6,10H2,1H3,(H,27,33,34)/t11-/m0/s1. The third-order valence-corrected chi connectivity index (χ3v) is 9.84. The molecule has 0 radical (unpaired) electrons. The molecule has 41 heavy (non-hydrogen) atoms. The van der Waals surface area contributed by atoms with E-state index in [4.69, 9.17) is 27.9 Å². The highest BCUT2D eigenvalue weighted by atomic mass is 35.5. The summed E-state index contributed by atoms with van der Waals surface area (Å²) in [5, 5.41) is 13.2. The van der Waals surface area contributed by atoms with Crippen LogP contribution in [0.3, 0.4) is 0 Å². The summed E-state index contributed by atoms with van der Waals surface area (Å²) in [6.07, 6.45) is -3.05. The molecule has 1 fully saturated rings. The van der Waals surface area contributed by atoms with E-state index in [0.29, 0.717) is 4.68 Å². The highest BCUT2D eigenvalue weighted by Crippen LogP contribution is 2.40. The van der Waals surface area contributed by atoms with Gasteiger partial charge in [-0.15, -0.1) is 0 Å². The van der Waals surface area contributed by atoms with Gasteiger partial charge in [0.2, 0.25) is 20.0 Å². The average Bonchev–Trinajstić information content (AvgIpc) is 3.35. The molecule has 1 atom stereocenters. The maximum Gasteiger partial charge on any atom is 0.349 e. The highest BCUT2D eigenvalue weighted by molar-refractivity contribution is 7.89. The Balaban J connectivity index is 1.62. The van der Waals surface area contributed by atoms with Gasteiger partial charge in [0, 0.05) is 25.2 Å². The molecule has 0 saturated carbocycles. The Bertz CT molecular complexity index is 1810. The molecule has 13 nitrogen and oxygen atoms in total. The summed E-state index contributed by atoms with van der Waals surface area (Å²) in [5.41, 5.74) is -3.89. The van der Waals surface area contributed by atoms with Gasteiger partial charge in [0.1, 0.15) is 16.4 Å². The fraction of sp³-hybridized carbons (Fsp3) is 0.318. The van der Waals surface area contributed by atoms with Gasteiger partial charge in [0.05, 0.1) is 21.5 Å². The number of hydrogen-bond donors (Lipinski definition) is 3. The van der Waals surface area contributed by atoms with Gasteiger partial charge in [-0.1, -0.05) is 23.2 Å². The second kappa shape index (κ2) is 11.7. The summed E-state index contributed by atoms with van der Waals surface area (Å²) in [6, 6.07) is 4.82. The SMILES string of the molecule is CCS(=O)(=O)N[C@H]1CCN(S(=O)(=O)c2cc(Oc3c(Cl)cc(-n4nc(C(F)F)c(=O)[nH]c4=O)cc3Cl)ccc2O)C1. The largest absolute Gasteiger partial charge is 0.507 e. The van der Waals surface area contributed by atoms with E-state index in [2.05, 4.69) is 9.82 Å². The number of hydrogen-bond acceptors (Lipinski definition) is 9. The molecular formula is C22H21Cl2F2N5O8S2. The summed E-state index contributed by atoms with van der Waals surface area (Å²) < 4.78 is 86.0. The van der Waals surface area contributed by atoms with Crippen LogP contribution in [0.25, 0.3) is 5.69 Å². The number of ether oxygens (including phenoxy) is 1. The number of benzene rings is 2. The summed E-state index contributed by atoms with van der Waals surface area (Å²) in [7, 11) is -7.86. The maximum atomic E-state index is 13.3. The van der Waals surface area contributed by atoms with Gasteiger partial charge in [0.15, 0.2) is 11.4 Å². The number of sulfonamides is 2. The van der Waals surface area contributed by atoms with Crippen LogP contribution in [-0.2, 0) is 20.0 Å². The maximum absolute atomic E-state index is 13.3. The average molecular weight is 656 g/mol. The first-order valence-electron chi connectivity index (χ1n) is 11.6. The van der Waals surface area contributed by atoms with E-state index >= 15 is 0 Å². The van der Waals surface area contributed by atoms with Gasteiger partial charge >= 0.3 is 5.69 Å². The first-order chi connectivity index (χ1) is 19.1. The van der Waals surface area contributed by atoms with E-state index in [-0.39, 0.29) is 52.5 Å². The van der Waals surface area contributed by atoms with Crippen LogP contribution in [0.15, 0.2) is 44.8 Å². The molecule has 1 aliphatic heterocycles. The number of aromatic hydroxyl groups is 1. The van der Waals surface area contributed by atoms with E-state index in [0.717, 1.165) is 28.6 Å². The smallest absolute Gasteiger partial charge is 0.349 e. The third-order valence-electron chi connectivity index (χ3n) is 5.93. The molecule has 3 aromatic rings. The Kier molecular flexibility index (Phi) is 8.77. The Morgan fingerprint density at radius 1 is 1.17 bits per heavy atom. The molecule has 2 heterocycles. The van der Waals surface area contributed by atoms with Crippen LogP contribution in [-0.4, -0.2) is 65.9 Å². The van der Waals surface area contributed by atoms with Crippen LogP contribution < -0.4 is 20.7 Å². The van der Waals surface area contributed by atoms with Gasteiger partial charge in [-0.2, -0.15) is 14.1 Å². The van der Waals surface area contributed by atoms with E-state index in [9.17, 15) is 40.3 Å². The second-order valence-corrected chi connectivity index (χ2v) is 13.5. The molecule has 0 bridgehead atoms. The minimum Gasteiger partial charge on any atom is -0.507 e. The van der Waals surface area contributed by atoms with E-state index < -0.39 is 60.1 Å². The molecule has 1 aliphatic rings. The molecule has 1 aromatic heterocycles. The monoisotopic (exact) mass is 655 g/mol. The lowest BCUT2D eigenvalue weighted by atomic mass is 10.3. The number of rotatable bonds is 9. The zero-order chi connectivity index (χ0) is 30.3. The topological polar surface area (TPSA) is 181 Å². The predicted octanol–water partition coefficient (Wildman–Crippen LogP) is 2.37. The van der Waals surface area contributed by atoms with Gasteiger partial charge < -0.3 is 9.84 Å². The van der Waals surface area contributed by atoms with Crippen LogP contribution in [0, 0.1) is 0 Å². The van der Waals surface area contributed by atoms with Crippen LogP contribution >= 0.6 is 23.2 Å². The Morgan fingerprint density at radius 3 is 2.44 bits per heavy atom. The van der Waals surface area contributed by atoms with Gasteiger partial charge in [-0.05, 0) is 37.6 Å². The number of phenolic OH excluding ortho intramolecular Hbond substituents is 1. The molecule has 19 heteroatoms. The number of alkyl halides is 2. The minimum atomic E-state index is -4.30. The molecule has 3 N–H and O–H groups in total. The first kappa shape index (κ1) is 30.9. The molecule has 0 amide bonds. The van der Waals surface area contributed by atoms with Crippen LogP contribution in [0.1, 0.15) is 25.5 Å². The molecule has 4 rings (SSSR count). The lowest BCUT2D eigenvalue weighted by molar-refractivity contribution is 0.141. The lowest BCUT2D eigenvalue weighted by Gasteiger charge is -2.19. The number of H-pyrrole nitrogens is 1. The van der Waals surface area contributed by atoms with Crippen molar-refractivity contribution in [1.82, 2.24) is 23.8 Å². The van der Waals surface area contributed by atoms with Crippen molar-refractivity contribution in [2.24, 2.45) is 0 Å². The fourth-order valence-corrected chi connectivity index (χ4v) is 6.92. The van der Waals surface area contributed by atoms with Crippen molar-refractivity contribution in [2.75, 3.05) is 18.8 Å². The van der Waals surface area contributed by atoms with Crippen molar-refractivity contribution >= 4 is 43.2 Å². The lowest BCUT2D eigenvalue weighted by Crippen LogP contribution is -2.39. The predicted molar refractivity (Wildman–Crippen MR) is 143 cm³/mol. The summed E-state index contributed by atoms with van der Waals surface area (Å²) in [5.74, 6) is -1.11. The summed E-state index contributed by atoms with van der Waals surface area (Å²) in [6.45, 7) is 1.29. The molecule has 0 aliphatic carbocycles. The van der Waals surface area contributed by atoms with Gasteiger partial charge in [0.25, 0.3) is 12.0 Å². The van der Waals surface area contributed by atoms with E-state index in [1.165, 1.54) is 13.0 Å². The van der Waals surface area contributed by atoms with E-state index in [1.54, 1.807) is 4.98 Å². The first-order valence-corrected chi connectivity index (χ1v) is 15.5. The van der Waals surface area contributed by atoms with Crippen molar-refractivity contribution in [3.8, 4) is 22.9 Å². The number of aromatic nitrogens is 3. The zero-order valence-corrected chi connectivity index (χ0v) is 24.0. The molecule has 0 spiro atoms. The molecule has 2 aromatic carbocycles. The molecule has 222 valence electrons. The number of halogens is 4. The van der Waals surface area contributed by atoms with Crippen molar-refractivity contribution in [1.29, 1.82) is 0 Å². The Morgan fingerprint density at radius 2 is 1.83 bits per heavy atom. The van der Waals surface area contributed by atoms with Crippen molar-refractivity contribution in [2.45, 2.75) is 30.7 Å². The van der Waals surface area contributed by atoms with Gasteiger partial charge in [-0.3, -0.25) is 9.78 Å². The number of nitrogens with one attached hydrogen (secondary N) is 2. The van der Waals surface area contributed by atoms with Crippen molar-refractivity contribution < 1.29 is 35.5 Å². The number of aromatic amines is 1. The second-order valence-electron chi connectivity index (χ2n) is 8.70. The quantitative estimate of drug-likeness (QED) is 0.312. The highest BCUT2D eigenvalue weighted by Gasteiger charge is 2.35. The molecular weight excluding hydrogens is 635 g/mol.